The van der Waals surface area contributed by atoms with Crippen LogP contribution in [0.1, 0.15) is 18.4 Å². The highest BCUT2D eigenvalue weighted by molar-refractivity contribution is 5.48. The first kappa shape index (κ1) is 17.2. The molecule has 0 N–H and O–H groups in total. The minimum Gasteiger partial charge on any atom is -0.493 e. The van der Waals surface area contributed by atoms with Crippen LogP contribution in [0.3, 0.4) is 0 Å². The van der Waals surface area contributed by atoms with Crippen LogP contribution in [-0.2, 0) is 6.54 Å². The summed E-state index contributed by atoms with van der Waals surface area (Å²) in [5.74, 6) is 0.968. The maximum absolute atomic E-state index is 10.9. The molecule has 3 rings (SSSR count). The molecule has 1 aliphatic heterocycles. The molecular formula is C19H22N2O4. The van der Waals surface area contributed by atoms with E-state index < -0.39 is 4.92 Å². The van der Waals surface area contributed by atoms with Crippen molar-refractivity contribution in [2.45, 2.75) is 25.5 Å². The highest BCUT2D eigenvalue weighted by atomic mass is 16.6. The summed E-state index contributed by atoms with van der Waals surface area (Å²) >= 11 is 0. The third-order valence-corrected chi connectivity index (χ3v) is 4.44. The summed E-state index contributed by atoms with van der Waals surface area (Å²) in [6.07, 6.45) is 1.95. The van der Waals surface area contributed by atoms with Gasteiger partial charge in [0, 0.05) is 25.7 Å². The fraction of sp³-hybridized carbons (Fsp3) is 0.368. The largest absolute Gasteiger partial charge is 0.493 e. The van der Waals surface area contributed by atoms with Gasteiger partial charge in [0.1, 0.15) is 6.10 Å². The number of hydrogen-bond acceptors (Lipinski definition) is 5. The second-order valence-electron chi connectivity index (χ2n) is 6.17. The Bertz CT molecular complexity index is 713. The lowest BCUT2D eigenvalue weighted by atomic mass is 10.1. The maximum Gasteiger partial charge on any atom is 0.273 e. The number of ether oxygens (including phenoxy) is 2. The molecule has 0 amide bonds. The Hall–Kier alpha value is -2.60. The summed E-state index contributed by atoms with van der Waals surface area (Å²) in [5.41, 5.74) is 1.32. The van der Waals surface area contributed by atoms with E-state index in [0.29, 0.717) is 11.5 Å². The van der Waals surface area contributed by atoms with Crippen molar-refractivity contribution in [1.82, 2.24) is 4.90 Å². The number of non-ortho nitro benzene ring substituents is 1. The highest BCUT2D eigenvalue weighted by Gasteiger charge is 2.22. The predicted octanol–water partition coefficient (Wildman–Crippen LogP) is 3.65. The van der Waals surface area contributed by atoms with E-state index in [0.717, 1.165) is 32.5 Å². The van der Waals surface area contributed by atoms with E-state index >= 15 is 0 Å². The van der Waals surface area contributed by atoms with Crippen LogP contribution in [-0.4, -0.2) is 36.1 Å². The average molecular weight is 342 g/mol. The van der Waals surface area contributed by atoms with Gasteiger partial charge in [0.25, 0.3) is 5.69 Å². The van der Waals surface area contributed by atoms with Crippen LogP contribution in [0.25, 0.3) is 0 Å². The Morgan fingerprint density at radius 3 is 2.48 bits per heavy atom. The molecular weight excluding hydrogens is 320 g/mol. The molecule has 1 aliphatic rings. The van der Waals surface area contributed by atoms with Crippen molar-refractivity contribution in [3.8, 4) is 11.5 Å². The summed E-state index contributed by atoms with van der Waals surface area (Å²) in [4.78, 5) is 12.8. The first-order chi connectivity index (χ1) is 12.2. The van der Waals surface area contributed by atoms with Gasteiger partial charge in [0.15, 0.2) is 11.5 Å². The number of nitro groups is 1. The Labute approximate surface area is 147 Å². The Kier molecular flexibility index (Phi) is 5.50. The molecule has 1 saturated heterocycles. The number of hydrogen-bond donors (Lipinski definition) is 0. The topological polar surface area (TPSA) is 64.8 Å². The van der Waals surface area contributed by atoms with Crippen LogP contribution < -0.4 is 9.47 Å². The quantitative estimate of drug-likeness (QED) is 0.592. The van der Waals surface area contributed by atoms with E-state index in [1.807, 2.05) is 6.07 Å². The summed E-state index contributed by atoms with van der Waals surface area (Å²) in [7, 11) is 1.49. The molecule has 0 unspecified atom stereocenters. The predicted molar refractivity (Wildman–Crippen MR) is 95.0 cm³/mol. The van der Waals surface area contributed by atoms with Crippen molar-refractivity contribution in [3.63, 3.8) is 0 Å². The lowest BCUT2D eigenvalue weighted by molar-refractivity contribution is -0.385. The maximum atomic E-state index is 10.9. The minimum absolute atomic E-state index is 0.00174. The monoisotopic (exact) mass is 342 g/mol. The molecule has 0 radical (unpaired) electrons. The van der Waals surface area contributed by atoms with E-state index in [-0.39, 0.29) is 11.8 Å². The number of piperidine rings is 1. The second-order valence-corrected chi connectivity index (χ2v) is 6.17. The summed E-state index contributed by atoms with van der Waals surface area (Å²) in [6, 6.07) is 14.9. The van der Waals surface area contributed by atoms with Crippen LogP contribution in [0, 0.1) is 10.1 Å². The van der Waals surface area contributed by atoms with Crippen LogP contribution in [0.4, 0.5) is 5.69 Å². The van der Waals surface area contributed by atoms with E-state index in [4.69, 9.17) is 9.47 Å². The van der Waals surface area contributed by atoms with Gasteiger partial charge in [-0.1, -0.05) is 30.3 Å². The zero-order valence-electron chi connectivity index (χ0n) is 14.3. The van der Waals surface area contributed by atoms with Gasteiger partial charge in [-0.05, 0) is 24.5 Å². The molecule has 0 saturated carbocycles. The van der Waals surface area contributed by atoms with Crippen LogP contribution in [0.5, 0.6) is 11.5 Å². The molecule has 2 aromatic rings. The van der Waals surface area contributed by atoms with Gasteiger partial charge < -0.3 is 9.47 Å². The van der Waals surface area contributed by atoms with E-state index in [1.54, 1.807) is 6.07 Å². The number of methoxy groups -OCH3 is 1. The van der Waals surface area contributed by atoms with E-state index in [2.05, 4.69) is 29.2 Å². The summed E-state index contributed by atoms with van der Waals surface area (Å²) in [5, 5.41) is 10.9. The normalized spacial score (nSPS) is 15.7. The van der Waals surface area contributed by atoms with Crippen LogP contribution in [0.2, 0.25) is 0 Å². The van der Waals surface area contributed by atoms with Crippen molar-refractivity contribution < 1.29 is 14.4 Å². The van der Waals surface area contributed by atoms with Gasteiger partial charge in [-0.3, -0.25) is 15.0 Å². The average Bonchev–Trinajstić information content (AvgIpc) is 2.64. The van der Waals surface area contributed by atoms with Gasteiger partial charge >= 0.3 is 0 Å². The zero-order valence-corrected chi connectivity index (χ0v) is 14.3. The van der Waals surface area contributed by atoms with Crippen molar-refractivity contribution in [2.75, 3.05) is 20.2 Å². The van der Waals surface area contributed by atoms with Crippen molar-refractivity contribution in [2.24, 2.45) is 0 Å². The molecule has 0 spiro atoms. The highest BCUT2D eigenvalue weighted by Crippen LogP contribution is 2.33. The lowest BCUT2D eigenvalue weighted by Crippen LogP contribution is -2.37. The molecule has 1 fully saturated rings. The Morgan fingerprint density at radius 2 is 1.84 bits per heavy atom. The molecule has 6 heteroatoms. The van der Waals surface area contributed by atoms with Crippen LogP contribution in [0.15, 0.2) is 48.5 Å². The Balaban J connectivity index is 1.56. The van der Waals surface area contributed by atoms with Crippen LogP contribution >= 0.6 is 0 Å². The first-order valence-corrected chi connectivity index (χ1v) is 8.41. The van der Waals surface area contributed by atoms with Gasteiger partial charge in [-0.25, -0.2) is 0 Å². The molecule has 132 valence electrons. The standard InChI is InChI=1S/C19H22N2O4/c1-24-19-13-16(21(22)23)7-8-18(19)25-17-9-11-20(12-10-17)14-15-5-3-2-4-6-15/h2-8,13,17H,9-12,14H2,1H3. The number of likely N-dealkylation sites (tertiary alicyclic amines) is 1. The third-order valence-electron chi connectivity index (χ3n) is 4.44. The second kappa shape index (κ2) is 7.98. The van der Waals surface area contributed by atoms with Gasteiger partial charge in [0.05, 0.1) is 18.1 Å². The molecule has 2 aromatic carbocycles. The summed E-state index contributed by atoms with van der Waals surface area (Å²) < 4.78 is 11.3. The van der Waals surface area contributed by atoms with E-state index in [9.17, 15) is 10.1 Å². The molecule has 25 heavy (non-hydrogen) atoms. The number of nitrogens with zero attached hydrogens (tertiary/aromatic N) is 2. The number of nitro benzene ring substituents is 1. The van der Waals surface area contributed by atoms with E-state index in [1.165, 1.54) is 24.8 Å². The molecule has 1 heterocycles. The van der Waals surface area contributed by atoms with Gasteiger partial charge in [-0.2, -0.15) is 0 Å². The molecule has 0 atom stereocenters. The van der Waals surface area contributed by atoms with Gasteiger partial charge in [0.2, 0.25) is 0 Å². The summed E-state index contributed by atoms with van der Waals surface area (Å²) in [6.45, 7) is 2.89. The number of rotatable bonds is 6. The molecule has 0 aliphatic carbocycles. The third kappa shape index (κ3) is 4.48. The fourth-order valence-corrected chi connectivity index (χ4v) is 3.07. The lowest BCUT2D eigenvalue weighted by Gasteiger charge is -2.32. The molecule has 6 nitrogen and oxygen atoms in total. The first-order valence-electron chi connectivity index (χ1n) is 8.41. The SMILES string of the molecule is COc1cc([N+](=O)[O-])ccc1OC1CCN(Cc2ccccc2)CC1. The minimum atomic E-state index is -0.436. The number of benzene rings is 2. The van der Waals surface area contributed by atoms with Crippen molar-refractivity contribution in [3.05, 3.63) is 64.2 Å². The molecule has 0 bridgehead atoms. The fourth-order valence-electron chi connectivity index (χ4n) is 3.07. The van der Waals surface area contributed by atoms with Gasteiger partial charge in [-0.15, -0.1) is 0 Å². The Morgan fingerprint density at radius 1 is 1.12 bits per heavy atom. The van der Waals surface area contributed by atoms with Crippen molar-refractivity contribution >= 4 is 5.69 Å². The molecule has 0 aromatic heterocycles. The zero-order chi connectivity index (χ0) is 17.6. The van der Waals surface area contributed by atoms with Crippen molar-refractivity contribution in [1.29, 1.82) is 0 Å². The smallest absolute Gasteiger partial charge is 0.273 e.